The van der Waals surface area contributed by atoms with Crippen LogP contribution in [0.15, 0.2) is 23.1 Å². The Hall–Kier alpha value is -0.896. The van der Waals surface area contributed by atoms with E-state index in [1.54, 1.807) is 0 Å². The molecule has 198 valence electrons. The van der Waals surface area contributed by atoms with Crippen molar-refractivity contribution in [3.05, 3.63) is 23.8 Å². The predicted octanol–water partition coefficient (Wildman–Crippen LogP) is -10.3. The van der Waals surface area contributed by atoms with Crippen molar-refractivity contribution in [2.24, 2.45) is 0 Å². The molecule has 0 atom stereocenters. The maximum absolute atomic E-state index is 10.5. The Labute approximate surface area is 197 Å². The van der Waals surface area contributed by atoms with Crippen molar-refractivity contribution in [3.8, 4) is 5.75 Å². The van der Waals surface area contributed by atoms with Gasteiger partial charge < -0.3 is 78.6 Å². The third-order valence-corrected chi connectivity index (χ3v) is 2.36. The third-order valence-electron chi connectivity index (χ3n) is 1.48. The smallest absolute Gasteiger partial charge is 0.759 e. The Morgan fingerprint density at radius 1 is 0.767 bits per heavy atom. The number of carbonyl (C=O) groups is 1. The normalized spacial score (nSPS) is 7.17. The van der Waals surface area contributed by atoms with Crippen LogP contribution in [0, 0.1) is 36.9 Å². The Morgan fingerprint density at radius 2 is 1.03 bits per heavy atom. The van der Waals surface area contributed by atoms with E-state index in [1.165, 1.54) is 0 Å². The van der Waals surface area contributed by atoms with Crippen LogP contribution >= 0.6 is 0 Å². The minimum Gasteiger partial charge on any atom is -0.759 e. The van der Waals surface area contributed by atoms with E-state index in [1.807, 2.05) is 0 Å². The van der Waals surface area contributed by atoms with Gasteiger partial charge in [-0.1, -0.05) is 0 Å². The summed E-state index contributed by atoms with van der Waals surface area (Å²) >= 11 is 0. The van der Waals surface area contributed by atoms with Gasteiger partial charge in [0.25, 0.3) is 0 Å². The minimum atomic E-state index is -5.17. The summed E-state index contributed by atoms with van der Waals surface area (Å²) in [6, 6.07) is 2.38. The SMILES string of the molecule is O.O.O.O=C(O)c1ccc(S(=O)(=O)[O-])c(O)c1.O=S(=O)([O-])[O-].[OH3+].[OH3+].[OH3+].[OH3+].[OH3+].[OH3+].[OH3+].[Tm+3]. The van der Waals surface area contributed by atoms with Crippen molar-refractivity contribution in [2.75, 3.05) is 0 Å². The monoisotopic (exact) mass is 669 g/mol. The Morgan fingerprint density at radius 3 is 1.20 bits per heavy atom. The second-order valence-electron chi connectivity index (χ2n) is 2.85. The van der Waals surface area contributed by atoms with Crippen molar-refractivity contribution >= 4 is 26.5 Å². The quantitative estimate of drug-likeness (QED) is 0.170. The third kappa shape index (κ3) is 37.8. The summed E-state index contributed by atoms with van der Waals surface area (Å²) in [5, 5.41) is 17.5. The van der Waals surface area contributed by atoms with Crippen LogP contribution in [0.1, 0.15) is 10.4 Å². The zero-order valence-electron chi connectivity index (χ0n) is 14.5. The summed E-state index contributed by atoms with van der Waals surface area (Å²) in [5.74, 6) is -2.19. The van der Waals surface area contributed by atoms with Gasteiger partial charge in [0, 0.05) is 10.4 Å². The standard InChI is InChI=1S/C7H6O6S.H2O4S.10H2O.Tm/c8-5-3-4(7(9)10)1-2-6(5)14(11,12)13;1-5(2,3)4;;;;;;;;;;;/h1-3,8H,(H,9,10)(H,11,12,13);(H2,1,2,3,4);10*1H2;/q;;;;;;;;;;;;+3/p+4. The summed E-state index contributed by atoms with van der Waals surface area (Å²) in [5.41, 5.74) is -0.296. The number of hydrogen-bond donors (Lipinski definition) is 2. The Kier molecular flexibility index (Phi) is 79.4. The summed E-state index contributed by atoms with van der Waals surface area (Å²) in [6.07, 6.45) is 0. The number of phenolic OH excluding ortho intramolecular Hbond substituents is 1. The van der Waals surface area contributed by atoms with Crippen molar-refractivity contribution in [2.45, 2.75) is 4.90 Å². The molecule has 0 aromatic heterocycles. The maximum Gasteiger partial charge on any atom is 3.00 e. The molecular weight excluding hydrogens is 637 g/mol. The first-order chi connectivity index (χ1) is 8.32. The Balaban J connectivity index is -0.0000000186. The van der Waals surface area contributed by atoms with Gasteiger partial charge in [-0.3, -0.25) is 8.42 Å². The van der Waals surface area contributed by atoms with Crippen LogP contribution in [0.2, 0.25) is 0 Å². The molecule has 1 aromatic carbocycles. The first-order valence-electron chi connectivity index (χ1n) is 4.01. The fourth-order valence-corrected chi connectivity index (χ4v) is 1.41. The Bertz CT molecular complexity index is 677. The van der Waals surface area contributed by atoms with Gasteiger partial charge in [-0.2, -0.15) is 0 Å². The van der Waals surface area contributed by atoms with Crippen molar-refractivity contribution in [1.29, 1.82) is 0 Å². The van der Waals surface area contributed by atoms with E-state index in [-0.39, 0.29) is 97.2 Å². The summed E-state index contributed by atoms with van der Waals surface area (Å²) in [4.78, 5) is 9.54. The van der Waals surface area contributed by atoms with Gasteiger partial charge >= 0.3 is 42.8 Å². The second kappa shape index (κ2) is 30.3. The second-order valence-corrected chi connectivity index (χ2v) is 5.01. The van der Waals surface area contributed by atoms with E-state index in [0.29, 0.717) is 6.07 Å². The van der Waals surface area contributed by atoms with E-state index >= 15 is 0 Å². The van der Waals surface area contributed by atoms with Crippen LogP contribution in [-0.2, 0) is 58.9 Å². The zero-order chi connectivity index (χ0) is 15.4. The van der Waals surface area contributed by atoms with E-state index in [4.69, 9.17) is 27.7 Å². The summed E-state index contributed by atoms with van der Waals surface area (Å²) in [7, 11) is -9.94. The average Bonchev–Trinajstić information content (AvgIpc) is 2.12. The molecule has 20 nitrogen and oxygen atoms in total. The molecule has 0 bridgehead atoms. The molecule has 0 aliphatic heterocycles. The summed E-state index contributed by atoms with van der Waals surface area (Å²) in [6.45, 7) is 0. The summed E-state index contributed by atoms with van der Waals surface area (Å²) < 4.78 is 65.5. The van der Waals surface area contributed by atoms with Crippen LogP contribution in [0.25, 0.3) is 0 Å². The maximum atomic E-state index is 10.5. The number of carboxylic acids is 1. The molecule has 0 saturated heterocycles. The molecule has 0 fully saturated rings. The first kappa shape index (κ1) is 78.6. The topological polar surface area (TPSA) is 520 Å². The van der Waals surface area contributed by atoms with Gasteiger partial charge in [-0.25, -0.2) is 13.2 Å². The molecule has 0 unspecified atom stereocenters. The number of phenols is 1. The molecule has 0 aliphatic rings. The van der Waals surface area contributed by atoms with Crippen LogP contribution in [-0.4, -0.2) is 63.1 Å². The van der Waals surface area contributed by atoms with Crippen molar-refractivity contribution in [1.82, 2.24) is 0 Å². The zero-order valence-corrected chi connectivity index (χ0v) is 17.9. The number of carboxylic acid groups (broad SMARTS) is 1. The number of benzene rings is 1. The molecule has 23 heteroatoms. The first-order valence-corrected chi connectivity index (χ1v) is 6.75. The van der Waals surface area contributed by atoms with Crippen molar-refractivity contribution < 1.29 is 137 Å². The predicted molar refractivity (Wildman–Crippen MR) is 98.4 cm³/mol. The molecule has 0 heterocycles. The van der Waals surface area contributed by atoms with Gasteiger partial charge in [0.1, 0.15) is 15.9 Å². The van der Waals surface area contributed by atoms with E-state index in [2.05, 4.69) is 0 Å². The molecule has 1 aromatic rings. The number of aromatic hydroxyl groups is 1. The fraction of sp³-hybridized carbons (Fsp3) is 0. The molecule has 1 rings (SSSR count). The van der Waals surface area contributed by atoms with Crippen LogP contribution in [0.4, 0.5) is 0 Å². The molecule has 0 aliphatic carbocycles. The molecule has 0 spiro atoms. The number of aromatic carboxylic acids is 1. The molecule has 0 amide bonds. The van der Waals surface area contributed by atoms with Gasteiger partial charge in [-0.15, -0.1) is 0 Å². The fourth-order valence-electron chi connectivity index (χ4n) is 0.862. The van der Waals surface area contributed by atoms with Crippen LogP contribution < -0.4 is 0 Å². The van der Waals surface area contributed by atoms with E-state index in [9.17, 15) is 17.8 Å². The molecule has 29 N–H and O–H groups in total. The molecule has 30 heavy (non-hydrogen) atoms. The minimum absolute atomic E-state index is 0. The van der Waals surface area contributed by atoms with Crippen LogP contribution in [0.3, 0.4) is 0 Å². The molecular formula is C7H32O20S2Tm+7. The van der Waals surface area contributed by atoms with E-state index < -0.39 is 37.1 Å². The van der Waals surface area contributed by atoms with Crippen LogP contribution in [0.5, 0.6) is 5.75 Å². The molecule has 0 radical (unpaired) electrons. The van der Waals surface area contributed by atoms with Gasteiger partial charge in [0.15, 0.2) is 0 Å². The van der Waals surface area contributed by atoms with E-state index in [0.717, 1.165) is 12.1 Å². The largest absolute Gasteiger partial charge is 3.00 e. The van der Waals surface area contributed by atoms with Gasteiger partial charge in [0.2, 0.25) is 0 Å². The average molecular weight is 669 g/mol. The van der Waals surface area contributed by atoms with Crippen molar-refractivity contribution in [3.63, 3.8) is 0 Å². The number of rotatable bonds is 2. The number of hydrogen-bond acceptors (Lipinski definition) is 9. The molecule has 0 saturated carbocycles. The van der Waals surface area contributed by atoms with Gasteiger partial charge in [-0.05, 0) is 18.2 Å². The van der Waals surface area contributed by atoms with Gasteiger partial charge in [0.05, 0.1) is 10.5 Å².